The van der Waals surface area contributed by atoms with E-state index in [1.807, 2.05) is 36.0 Å². The second kappa shape index (κ2) is 5.01. The van der Waals surface area contributed by atoms with Crippen molar-refractivity contribution in [3.8, 4) is 0 Å². The number of benzene rings is 1. The van der Waals surface area contributed by atoms with E-state index in [1.54, 1.807) is 11.0 Å². The van der Waals surface area contributed by atoms with Crippen LogP contribution in [0, 0.1) is 6.92 Å². The fraction of sp³-hybridized carbons (Fsp3) is 0.231. The maximum absolute atomic E-state index is 4.23. The van der Waals surface area contributed by atoms with Gasteiger partial charge in [0.05, 0.1) is 19.3 Å². The average molecular weight is 254 g/mol. The van der Waals surface area contributed by atoms with E-state index in [2.05, 4.69) is 32.5 Å². The smallest absolute Gasteiger partial charge is 0.147 e. The predicted octanol–water partition coefficient (Wildman–Crippen LogP) is 1.27. The Bertz CT molecular complexity index is 655. The third-order valence-electron chi connectivity index (χ3n) is 2.75. The summed E-state index contributed by atoms with van der Waals surface area (Å²) in [6.45, 7) is 3.18. The summed E-state index contributed by atoms with van der Waals surface area (Å²) in [5.74, 6) is 0.761. The zero-order chi connectivity index (χ0) is 13.1. The molecule has 0 atom stereocenters. The van der Waals surface area contributed by atoms with Gasteiger partial charge in [-0.3, -0.25) is 0 Å². The van der Waals surface area contributed by atoms with Crippen LogP contribution in [0.5, 0.6) is 0 Å². The molecule has 0 saturated carbocycles. The van der Waals surface area contributed by atoms with Gasteiger partial charge in [-0.2, -0.15) is 5.10 Å². The van der Waals surface area contributed by atoms with Crippen LogP contribution in [-0.2, 0) is 13.1 Å². The predicted molar refractivity (Wildman–Crippen MR) is 69.4 cm³/mol. The Morgan fingerprint density at radius 1 is 1.05 bits per heavy atom. The first-order valence-corrected chi connectivity index (χ1v) is 6.08. The van der Waals surface area contributed by atoms with E-state index in [0.29, 0.717) is 6.54 Å². The standard InChI is InChI=1S/C13H14N6/c1-11-14-10-19(16-11)9-13-8-18(17-15-13)7-12-5-3-2-4-6-12/h2-6,8,10H,7,9H2,1H3. The van der Waals surface area contributed by atoms with Crippen molar-refractivity contribution in [1.29, 1.82) is 0 Å². The molecule has 19 heavy (non-hydrogen) atoms. The third-order valence-corrected chi connectivity index (χ3v) is 2.75. The molecule has 0 unspecified atom stereocenters. The van der Waals surface area contributed by atoms with Gasteiger partial charge < -0.3 is 0 Å². The molecule has 6 nitrogen and oxygen atoms in total. The molecule has 96 valence electrons. The fourth-order valence-corrected chi connectivity index (χ4v) is 1.89. The Kier molecular flexibility index (Phi) is 3.06. The molecule has 0 amide bonds. The minimum atomic E-state index is 0.593. The van der Waals surface area contributed by atoms with Crippen molar-refractivity contribution in [1.82, 2.24) is 29.8 Å². The van der Waals surface area contributed by atoms with E-state index in [-0.39, 0.29) is 0 Å². The highest BCUT2D eigenvalue weighted by Gasteiger charge is 2.03. The van der Waals surface area contributed by atoms with Gasteiger partial charge in [-0.25, -0.2) is 14.3 Å². The van der Waals surface area contributed by atoms with Crippen LogP contribution in [0.4, 0.5) is 0 Å². The van der Waals surface area contributed by atoms with Crippen molar-refractivity contribution < 1.29 is 0 Å². The Hall–Kier alpha value is -2.50. The van der Waals surface area contributed by atoms with Crippen molar-refractivity contribution in [2.24, 2.45) is 0 Å². The summed E-state index contributed by atoms with van der Waals surface area (Å²) in [5, 5.41) is 12.5. The average Bonchev–Trinajstić information content (AvgIpc) is 3.01. The molecule has 6 heteroatoms. The number of hydrogen-bond donors (Lipinski definition) is 0. The molecular weight excluding hydrogens is 240 g/mol. The molecule has 2 heterocycles. The summed E-state index contributed by atoms with van der Waals surface area (Å²) in [4.78, 5) is 4.08. The SMILES string of the molecule is Cc1ncn(Cc2cn(Cc3ccccc3)nn2)n1. The topological polar surface area (TPSA) is 61.4 Å². The van der Waals surface area contributed by atoms with E-state index >= 15 is 0 Å². The van der Waals surface area contributed by atoms with E-state index in [4.69, 9.17) is 0 Å². The normalized spacial score (nSPS) is 10.8. The first kappa shape index (κ1) is 11.6. The molecule has 0 fully saturated rings. The second-order valence-corrected chi connectivity index (χ2v) is 4.38. The Morgan fingerprint density at radius 2 is 1.89 bits per heavy atom. The minimum absolute atomic E-state index is 0.593. The van der Waals surface area contributed by atoms with Gasteiger partial charge in [0, 0.05) is 0 Å². The number of nitrogens with zero attached hydrogens (tertiary/aromatic N) is 6. The summed E-state index contributed by atoms with van der Waals surface area (Å²) < 4.78 is 3.58. The minimum Gasteiger partial charge on any atom is -0.248 e. The molecule has 0 aliphatic carbocycles. The molecule has 0 spiro atoms. The second-order valence-electron chi connectivity index (χ2n) is 4.38. The monoisotopic (exact) mass is 254 g/mol. The van der Waals surface area contributed by atoms with Crippen LogP contribution in [0.3, 0.4) is 0 Å². The largest absolute Gasteiger partial charge is 0.248 e. The van der Waals surface area contributed by atoms with E-state index in [9.17, 15) is 0 Å². The maximum atomic E-state index is 4.23. The number of hydrogen-bond acceptors (Lipinski definition) is 4. The molecule has 0 N–H and O–H groups in total. The Labute approximate surface area is 110 Å². The number of rotatable bonds is 4. The van der Waals surface area contributed by atoms with Crippen LogP contribution >= 0.6 is 0 Å². The number of aryl methyl sites for hydroxylation is 1. The van der Waals surface area contributed by atoms with Gasteiger partial charge in [-0.1, -0.05) is 35.5 Å². The van der Waals surface area contributed by atoms with Gasteiger partial charge in [-0.15, -0.1) is 5.10 Å². The van der Waals surface area contributed by atoms with Crippen LogP contribution in [0.15, 0.2) is 42.9 Å². The molecule has 0 bridgehead atoms. The summed E-state index contributed by atoms with van der Waals surface area (Å²) in [6, 6.07) is 10.2. The van der Waals surface area contributed by atoms with Gasteiger partial charge in [0.15, 0.2) is 0 Å². The van der Waals surface area contributed by atoms with Crippen LogP contribution in [0.25, 0.3) is 0 Å². The summed E-state index contributed by atoms with van der Waals surface area (Å²) >= 11 is 0. The lowest BCUT2D eigenvalue weighted by atomic mass is 10.2. The van der Waals surface area contributed by atoms with Crippen LogP contribution in [-0.4, -0.2) is 29.8 Å². The number of aromatic nitrogens is 6. The summed E-state index contributed by atoms with van der Waals surface area (Å²) in [6.07, 6.45) is 3.63. The summed E-state index contributed by atoms with van der Waals surface area (Å²) in [7, 11) is 0. The lowest BCUT2D eigenvalue weighted by Crippen LogP contribution is -2.01. The molecule has 0 aliphatic heterocycles. The first-order chi connectivity index (χ1) is 9.29. The highest BCUT2D eigenvalue weighted by molar-refractivity contribution is 5.14. The van der Waals surface area contributed by atoms with Crippen molar-refractivity contribution in [3.63, 3.8) is 0 Å². The van der Waals surface area contributed by atoms with E-state index in [1.165, 1.54) is 5.56 Å². The third kappa shape index (κ3) is 2.85. The molecule has 3 aromatic rings. The Balaban J connectivity index is 1.69. The lowest BCUT2D eigenvalue weighted by molar-refractivity contribution is 0.644. The quantitative estimate of drug-likeness (QED) is 0.703. The highest BCUT2D eigenvalue weighted by atomic mass is 15.4. The van der Waals surface area contributed by atoms with Gasteiger partial charge in [0.1, 0.15) is 17.8 Å². The van der Waals surface area contributed by atoms with Crippen LogP contribution in [0.2, 0.25) is 0 Å². The van der Waals surface area contributed by atoms with E-state index < -0.39 is 0 Å². The zero-order valence-electron chi connectivity index (χ0n) is 10.6. The van der Waals surface area contributed by atoms with Gasteiger partial charge in [0.2, 0.25) is 0 Å². The lowest BCUT2D eigenvalue weighted by Gasteiger charge is -1.99. The van der Waals surface area contributed by atoms with Gasteiger partial charge in [-0.05, 0) is 12.5 Å². The maximum Gasteiger partial charge on any atom is 0.147 e. The van der Waals surface area contributed by atoms with Gasteiger partial charge in [0.25, 0.3) is 0 Å². The first-order valence-electron chi connectivity index (χ1n) is 6.08. The highest BCUT2D eigenvalue weighted by Crippen LogP contribution is 2.03. The van der Waals surface area contributed by atoms with Gasteiger partial charge >= 0.3 is 0 Å². The molecule has 2 aromatic heterocycles. The molecule has 1 aromatic carbocycles. The van der Waals surface area contributed by atoms with Crippen molar-refractivity contribution in [2.75, 3.05) is 0 Å². The molecular formula is C13H14N6. The fourth-order valence-electron chi connectivity index (χ4n) is 1.89. The van der Waals surface area contributed by atoms with Crippen molar-refractivity contribution in [2.45, 2.75) is 20.0 Å². The summed E-state index contributed by atoms with van der Waals surface area (Å²) in [5.41, 5.74) is 2.08. The molecule has 0 saturated heterocycles. The Morgan fingerprint density at radius 3 is 2.63 bits per heavy atom. The van der Waals surface area contributed by atoms with Crippen molar-refractivity contribution >= 4 is 0 Å². The molecule has 0 radical (unpaired) electrons. The van der Waals surface area contributed by atoms with Crippen LogP contribution < -0.4 is 0 Å². The molecule has 0 aliphatic rings. The van der Waals surface area contributed by atoms with Crippen molar-refractivity contribution in [3.05, 3.63) is 59.9 Å². The zero-order valence-corrected chi connectivity index (χ0v) is 10.6. The van der Waals surface area contributed by atoms with Crippen LogP contribution in [0.1, 0.15) is 17.1 Å². The molecule has 3 rings (SSSR count). The van der Waals surface area contributed by atoms with E-state index in [0.717, 1.165) is 18.1 Å².